The molecule has 0 saturated carbocycles. The van der Waals surface area contributed by atoms with Crippen molar-refractivity contribution in [1.82, 2.24) is 0 Å². The van der Waals surface area contributed by atoms with Gasteiger partial charge in [-0.05, 0) is 37.1 Å². The Labute approximate surface area is 111 Å². The van der Waals surface area contributed by atoms with Crippen LogP contribution in [0.15, 0.2) is 48.5 Å². The highest BCUT2D eigenvalue weighted by Gasteiger charge is 2.02. The van der Waals surface area contributed by atoms with Crippen LogP contribution in [0.4, 0.5) is 0 Å². The average molecular weight is 264 g/mol. The van der Waals surface area contributed by atoms with Crippen molar-refractivity contribution in [2.24, 2.45) is 0 Å². The van der Waals surface area contributed by atoms with Gasteiger partial charge in [-0.1, -0.05) is 36.4 Å². The largest absolute Gasteiger partial charge is 0.412 e. The second kappa shape index (κ2) is 7.38. The van der Waals surface area contributed by atoms with E-state index in [1.165, 1.54) is 0 Å². The maximum Gasteiger partial charge on any atom is 0.171 e. The molecule has 2 aromatic rings. The lowest BCUT2D eigenvalue weighted by molar-refractivity contribution is -0.576. The molecular weight excluding hydrogens is 248 g/mol. The standard InChI is InChI=1S/C14H14O4.H2O/c1-11-7-3-5-9-13(11)15-17-18-16-14-10-6-4-8-12(14)2;/h3-10H,1-2H3;1H2. The highest BCUT2D eigenvalue weighted by atomic mass is 17.7. The molecule has 0 fully saturated rings. The summed E-state index contributed by atoms with van der Waals surface area (Å²) < 4.78 is 0. The van der Waals surface area contributed by atoms with Crippen molar-refractivity contribution in [2.75, 3.05) is 0 Å². The number of hydrogen-bond donors (Lipinski definition) is 0. The van der Waals surface area contributed by atoms with Crippen LogP contribution in [0.25, 0.3) is 0 Å². The molecule has 0 heterocycles. The zero-order chi connectivity index (χ0) is 12.8. The molecule has 0 bridgehead atoms. The Bertz CT molecular complexity index is 465. The number of hydrogen-bond acceptors (Lipinski definition) is 4. The summed E-state index contributed by atoms with van der Waals surface area (Å²) in [6, 6.07) is 14.8. The number of benzene rings is 2. The zero-order valence-electron chi connectivity index (χ0n) is 10.8. The van der Waals surface area contributed by atoms with Gasteiger partial charge < -0.3 is 15.3 Å². The summed E-state index contributed by atoms with van der Waals surface area (Å²) in [6.45, 7) is 3.81. The summed E-state index contributed by atoms with van der Waals surface area (Å²) in [7, 11) is 0. The van der Waals surface area contributed by atoms with E-state index < -0.39 is 0 Å². The molecule has 5 nitrogen and oxygen atoms in total. The average Bonchev–Trinajstić information content (AvgIpc) is 2.38. The lowest BCUT2D eigenvalue weighted by atomic mass is 10.2. The fraction of sp³-hybridized carbons (Fsp3) is 0.143. The summed E-state index contributed by atoms with van der Waals surface area (Å²) in [4.78, 5) is 9.90. The normalized spacial score (nSPS) is 9.58. The van der Waals surface area contributed by atoms with E-state index in [0.717, 1.165) is 11.1 Å². The SMILES string of the molecule is Cc1ccccc1OOOOc1ccccc1C.O. The van der Waals surface area contributed by atoms with Gasteiger partial charge in [0.15, 0.2) is 11.5 Å². The van der Waals surface area contributed by atoms with E-state index in [1.807, 2.05) is 50.2 Å². The lowest BCUT2D eigenvalue weighted by Gasteiger charge is -2.06. The minimum Gasteiger partial charge on any atom is -0.412 e. The second-order valence-corrected chi connectivity index (χ2v) is 3.83. The summed E-state index contributed by atoms with van der Waals surface area (Å²) in [6.07, 6.45) is 0. The summed E-state index contributed by atoms with van der Waals surface area (Å²) in [5.74, 6) is 1.15. The van der Waals surface area contributed by atoms with Crippen LogP contribution in [0.2, 0.25) is 0 Å². The van der Waals surface area contributed by atoms with Gasteiger partial charge in [0.2, 0.25) is 0 Å². The third-order valence-corrected chi connectivity index (χ3v) is 2.46. The molecule has 0 aliphatic heterocycles. The van der Waals surface area contributed by atoms with Crippen molar-refractivity contribution >= 4 is 0 Å². The van der Waals surface area contributed by atoms with Crippen LogP contribution in [0.3, 0.4) is 0 Å². The first-order valence-electron chi connectivity index (χ1n) is 5.56. The van der Waals surface area contributed by atoms with E-state index in [0.29, 0.717) is 11.5 Å². The molecule has 0 unspecified atom stereocenters. The van der Waals surface area contributed by atoms with Crippen molar-refractivity contribution < 1.29 is 25.3 Å². The molecule has 0 saturated heterocycles. The van der Waals surface area contributed by atoms with E-state index in [4.69, 9.17) is 9.78 Å². The summed E-state index contributed by atoms with van der Waals surface area (Å²) in [5, 5.41) is 9.07. The maximum atomic E-state index is 4.95. The van der Waals surface area contributed by atoms with Crippen molar-refractivity contribution in [3.05, 3.63) is 59.7 Å². The Morgan fingerprint density at radius 3 is 1.37 bits per heavy atom. The molecule has 2 aromatic carbocycles. The smallest absolute Gasteiger partial charge is 0.171 e. The van der Waals surface area contributed by atoms with Crippen LogP contribution in [-0.4, -0.2) is 5.48 Å². The molecule has 0 spiro atoms. The zero-order valence-corrected chi connectivity index (χ0v) is 10.8. The molecule has 0 radical (unpaired) electrons. The first kappa shape index (κ1) is 15.0. The Morgan fingerprint density at radius 2 is 1.00 bits per heavy atom. The summed E-state index contributed by atoms with van der Waals surface area (Å²) >= 11 is 0. The van der Waals surface area contributed by atoms with Crippen LogP contribution in [-0.2, 0) is 10.1 Å². The van der Waals surface area contributed by atoms with E-state index >= 15 is 0 Å². The fourth-order valence-corrected chi connectivity index (χ4v) is 1.40. The molecule has 0 atom stereocenters. The predicted molar refractivity (Wildman–Crippen MR) is 69.4 cm³/mol. The van der Waals surface area contributed by atoms with Gasteiger partial charge in [0.25, 0.3) is 0 Å². The van der Waals surface area contributed by atoms with Gasteiger partial charge in [0.05, 0.1) is 0 Å². The Hall–Kier alpha value is -2.08. The third kappa shape index (κ3) is 4.26. The van der Waals surface area contributed by atoms with Crippen LogP contribution < -0.4 is 9.78 Å². The van der Waals surface area contributed by atoms with E-state index in [9.17, 15) is 0 Å². The van der Waals surface area contributed by atoms with Gasteiger partial charge in [0, 0.05) is 10.1 Å². The molecular formula is C14H16O5. The molecule has 2 rings (SSSR count). The fourth-order valence-electron chi connectivity index (χ4n) is 1.40. The van der Waals surface area contributed by atoms with E-state index in [-0.39, 0.29) is 5.48 Å². The quantitative estimate of drug-likeness (QED) is 0.473. The Balaban J connectivity index is 0.00000180. The van der Waals surface area contributed by atoms with Crippen LogP contribution in [0.1, 0.15) is 11.1 Å². The topological polar surface area (TPSA) is 68.4 Å². The van der Waals surface area contributed by atoms with Crippen LogP contribution in [0, 0.1) is 13.8 Å². The number of para-hydroxylation sites is 2. The van der Waals surface area contributed by atoms with Crippen LogP contribution >= 0.6 is 0 Å². The molecule has 0 aromatic heterocycles. The van der Waals surface area contributed by atoms with Crippen molar-refractivity contribution in [2.45, 2.75) is 13.8 Å². The third-order valence-electron chi connectivity index (χ3n) is 2.46. The molecule has 19 heavy (non-hydrogen) atoms. The number of rotatable bonds is 5. The Morgan fingerprint density at radius 1 is 0.632 bits per heavy atom. The lowest BCUT2D eigenvalue weighted by Crippen LogP contribution is -2.04. The van der Waals surface area contributed by atoms with Gasteiger partial charge in [-0.15, -0.1) is 0 Å². The van der Waals surface area contributed by atoms with Crippen molar-refractivity contribution in [1.29, 1.82) is 0 Å². The van der Waals surface area contributed by atoms with Crippen molar-refractivity contribution in [3.63, 3.8) is 0 Å². The first-order valence-corrected chi connectivity index (χ1v) is 5.56. The molecule has 0 aliphatic rings. The minimum absolute atomic E-state index is 0. The minimum atomic E-state index is 0. The van der Waals surface area contributed by atoms with Gasteiger partial charge in [0.1, 0.15) is 0 Å². The number of aryl methyl sites for hydroxylation is 2. The molecule has 5 heteroatoms. The predicted octanol–water partition coefficient (Wildman–Crippen LogP) is 2.71. The molecule has 0 amide bonds. The van der Waals surface area contributed by atoms with Crippen molar-refractivity contribution in [3.8, 4) is 11.5 Å². The van der Waals surface area contributed by atoms with E-state index in [1.54, 1.807) is 12.1 Å². The van der Waals surface area contributed by atoms with Gasteiger partial charge in [-0.2, -0.15) is 0 Å². The van der Waals surface area contributed by atoms with Gasteiger partial charge in [-0.25, -0.2) is 0 Å². The maximum absolute atomic E-state index is 4.95. The molecule has 0 aliphatic carbocycles. The molecule has 102 valence electrons. The molecule has 2 N–H and O–H groups in total. The summed E-state index contributed by atoms with van der Waals surface area (Å²) in [5.41, 5.74) is 1.88. The highest BCUT2D eigenvalue weighted by Crippen LogP contribution is 2.18. The first-order chi connectivity index (χ1) is 8.77. The Kier molecular flexibility index (Phi) is 5.81. The van der Waals surface area contributed by atoms with E-state index in [2.05, 4.69) is 10.1 Å². The monoisotopic (exact) mass is 264 g/mol. The van der Waals surface area contributed by atoms with Gasteiger partial charge >= 0.3 is 0 Å². The second-order valence-electron chi connectivity index (χ2n) is 3.83. The van der Waals surface area contributed by atoms with Crippen LogP contribution in [0.5, 0.6) is 11.5 Å². The van der Waals surface area contributed by atoms with Gasteiger partial charge in [-0.3, -0.25) is 0 Å². The highest BCUT2D eigenvalue weighted by molar-refractivity contribution is 5.31.